The molecule has 1 amide bonds. The van der Waals surface area contributed by atoms with Crippen LogP contribution >= 0.6 is 0 Å². The first-order chi connectivity index (χ1) is 14.7. The van der Waals surface area contributed by atoms with E-state index in [2.05, 4.69) is 46.5 Å². The number of nitrogens with one attached hydrogen (secondary N) is 1. The molecule has 1 atom stereocenters. The van der Waals surface area contributed by atoms with Gasteiger partial charge in [0.05, 0.1) is 11.0 Å². The first-order valence-corrected chi connectivity index (χ1v) is 10.8. The van der Waals surface area contributed by atoms with E-state index < -0.39 is 0 Å². The largest absolute Gasteiger partial charge is 0.355 e. The second-order valence-corrected chi connectivity index (χ2v) is 8.12. The van der Waals surface area contributed by atoms with Crippen LogP contribution in [0.15, 0.2) is 67.3 Å². The summed E-state index contributed by atoms with van der Waals surface area (Å²) in [6.07, 6.45) is 3.61. The normalized spacial score (nSPS) is 15.8. The summed E-state index contributed by atoms with van der Waals surface area (Å²) in [7, 11) is 0. The average Bonchev–Trinajstić information content (AvgIpc) is 3.17. The summed E-state index contributed by atoms with van der Waals surface area (Å²) in [5, 5.41) is 3.17. The zero-order valence-corrected chi connectivity index (χ0v) is 17.6. The van der Waals surface area contributed by atoms with Crippen LogP contribution in [0.25, 0.3) is 11.0 Å². The molecule has 2 aromatic carbocycles. The van der Waals surface area contributed by atoms with E-state index in [1.54, 1.807) is 0 Å². The second-order valence-electron chi connectivity index (χ2n) is 8.12. The summed E-state index contributed by atoms with van der Waals surface area (Å²) in [6, 6.07) is 18.5. The van der Waals surface area contributed by atoms with Gasteiger partial charge in [-0.1, -0.05) is 55.5 Å². The minimum absolute atomic E-state index is 0.0708. The molecule has 0 radical (unpaired) electrons. The number of aromatic nitrogens is 2. The van der Waals surface area contributed by atoms with Gasteiger partial charge in [-0.05, 0) is 36.5 Å². The van der Waals surface area contributed by atoms with Crippen LogP contribution < -0.4 is 10.2 Å². The molecule has 1 aliphatic rings. The van der Waals surface area contributed by atoms with Crippen molar-refractivity contribution < 1.29 is 4.79 Å². The van der Waals surface area contributed by atoms with Crippen LogP contribution in [-0.2, 0) is 11.3 Å². The zero-order valence-electron chi connectivity index (χ0n) is 17.6. The first kappa shape index (κ1) is 20.2. The highest BCUT2D eigenvalue weighted by Gasteiger charge is 2.27. The van der Waals surface area contributed by atoms with E-state index >= 15 is 0 Å². The number of hydrogen-bond acceptors (Lipinski definition) is 3. The molecule has 0 bridgehead atoms. The van der Waals surface area contributed by atoms with E-state index in [0.717, 1.165) is 49.5 Å². The lowest BCUT2D eigenvalue weighted by atomic mass is 9.95. The van der Waals surface area contributed by atoms with Gasteiger partial charge in [0.2, 0.25) is 11.9 Å². The van der Waals surface area contributed by atoms with Crippen molar-refractivity contribution in [3.63, 3.8) is 0 Å². The van der Waals surface area contributed by atoms with E-state index in [0.29, 0.717) is 12.5 Å². The van der Waals surface area contributed by atoms with Crippen molar-refractivity contribution in [2.24, 2.45) is 5.92 Å². The van der Waals surface area contributed by atoms with Crippen LogP contribution in [0.3, 0.4) is 0 Å². The Hall–Kier alpha value is -3.08. The molecule has 5 heteroatoms. The van der Waals surface area contributed by atoms with Crippen molar-refractivity contribution in [1.29, 1.82) is 0 Å². The predicted molar refractivity (Wildman–Crippen MR) is 123 cm³/mol. The molecule has 3 aromatic rings. The first-order valence-electron chi connectivity index (χ1n) is 10.8. The number of rotatable bonds is 7. The topological polar surface area (TPSA) is 50.2 Å². The lowest BCUT2D eigenvalue weighted by Gasteiger charge is -2.32. The maximum absolute atomic E-state index is 12.7. The highest BCUT2D eigenvalue weighted by Crippen LogP contribution is 2.27. The Kier molecular flexibility index (Phi) is 6.17. The number of para-hydroxylation sites is 2. The molecular weight excluding hydrogens is 372 g/mol. The van der Waals surface area contributed by atoms with Crippen molar-refractivity contribution in [2.45, 2.75) is 32.2 Å². The Balaban J connectivity index is 1.36. The fourth-order valence-electron chi connectivity index (χ4n) is 4.25. The fraction of sp³-hybridized carbons (Fsp3) is 0.360. The third-order valence-corrected chi connectivity index (χ3v) is 6.05. The number of hydrogen-bond donors (Lipinski definition) is 1. The molecule has 1 N–H and O–H groups in total. The summed E-state index contributed by atoms with van der Waals surface area (Å²) in [5.74, 6) is 1.54. The molecule has 1 aromatic heterocycles. The molecule has 5 nitrogen and oxygen atoms in total. The fourth-order valence-corrected chi connectivity index (χ4v) is 4.25. The van der Waals surface area contributed by atoms with E-state index in [1.807, 2.05) is 42.5 Å². The van der Waals surface area contributed by atoms with Gasteiger partial charge in [-0.25, -0.2) is 4.98 Å². The summed E-state index contributed by atoms with van der Waals surface area (Å²) < 4.78 is 2.21. The third-order valence-electron chi connectivity index (χ3n) is 6.05. The van der Waals surface area contributed by atoms with Crippen molar-refractivity contribution in [3.8, 4) is 0 Å². The molecule has 0 aliphatic carbocycles. The molecule has 0 saturated carbocycles. The number of benzene rings is 2. The van der Waals surface area contributed by atoms with Crippen LogP contribution in [0.2, 0.25) is 0 Å². The standard InChI is InChI=1S/C25H30N4O/c1-3-15-29-23-12-8-7-11-22(23)27-25(29)28-16-13-21(14-17-28)24(30)26-18-19(2)20-9-5-4-6-10-20/h3-12,19,21H,1,13-18H2,2H3,(H,26,30)/t19-/m0/s1. The van der Waals surface area contributed by atoms with E-state index in [1.165, 1.54) is 5.56 Å². The number of amides is 1. The van der Waals surface area contributed by atoms with Crippen molar-refractivity contribution in [1.82, 2.24) is 14.9 Å². The van der Waals surface area contributed by atoms with Gasteiger partial charge in [0, 0.05) is 32.1 Å². The third kappa shape index (κ3) is 4.25. The zero-order chi connectivity index (χ0) is 20.9. The quantitative estimate of drug-likeness (QED) is 0.598. The molecule has 0 unspecified atom stereocenters. The summed E-state index contributed by atoms with van der Waals surface area (Å²) in [5.41, 5.74) is 3.39. The summed E-state index contributed by atoms with van der Waals surface area (Å²) in [4.78, 5) is 19.9. The lowest BCUT2D eigenvalue weighted by molar-refractivity contribution is -0.125. The number of nitrogens with zero attached hydrogens (tertiary/aromatic N) is 3. The van der Waals surface area contributed by atoms with Crippen LogP contribution in [0.1, 0.15) is 31.2 Å². The number of allylic oxidation sites excluding steroid dienone is 1. The molecular formula is C25H30N4O. The van der Waals surface area contributed by atoms with Crippen molar-refractivity contribution >= 4 is 22.9 Å². The maximum atomic E-state index is 12.7. The molecule has 1 saturated heterocycles. The number of piperidine rings is 1. The Morgan fingerprint density at radius 3 is 2.60 bits per heavy atom. The van der Waals surface area contributed by atoms with Crippen LogP contribution in [0.4, 0.5) is 5.95 Å². The highest BCUT2D eigenvalue weighted by atomic mass is 16.1. The molecule has 4 rings (SSSR count). The van der Waals surface area contributed by atoms with E-state index in [4.69, 9.17) is 4.98 Å². The Morgan fingerprint density at radius 2 is 1.87 bits per heavy atom. The van der Waals surface area contributed by atoms with E-state index in [-0.39, 0.29) is 11.8 Å². The van der Waals surface area contributed by atoms with Crippen molar-refractivity contribution in [3.05, 3.63) is 72.8 Å². The number of anilines is 1. The van der Waals surface area contributed by atoms with Crippen LogP contribution in [0, 0.1) is 5.92 Å². The minimum Gasteiger partial charge on any atom is -0.355 e. The van der Waals surface area contributed by atoms with Crippen LogP contribution in [-0.4, -0.2) is 35.1 Å². The number of carbonyl (C=O) groups excluding carboxylic acids is 1. The monoisotopic (exact) mass is 402 g/mol. The smallest absolute Gasteiger partial charge is 0.223 e. The lowest BCUT2D eigenvalue weighted by Crippen LogP contribution is -2.42. The van der Waals surface area contributed by atoms with Crippen LogP contribution in [0.5, 0.6) is 0 Å². The van der Waals surface area contributed by atoms with Gasteiger partial charge in [0.15, 0.2) is 0 Å². The SMILES string of the molecule is C=CCn1c(N2CCC(C(=O)NC[C@H](C)c3ccccc3)CC2)nc2ccccc21. The highest BCUT2D eigenvalue weighted by molar-refractivity contribution is 5.80. The van der Waals surface area contributed by atoms with Gasteiger partial charge in [0.1, 0.15) is 0 Å². The minimum atomic E-state index is 0.0708. The molecule has 0 spiro atoms. The Labute approximate surface area is 178 Å². The van der Waals surface area contributed by atoms with Gasteiger partial charge < -0.3 is 14.8 Å². The van der Waals surface area contributed by atoms with E-state index in [9.17, 15) is 4.79 Å². The maximum Gasteiger partial charge on any atom is 0.223 e. The van der Waals surface area contributed by atoms with Gasteiger partial charge in [-0.3, -0.25) is 4.79 Å². The number of carbonyl (C=O) groups is 1. The molecule has 1 aliphatic heterocycles. The van der Waals surface area contributed by atoms with Crippen molar-refractivity contribution in [2.75, 3.05) is 24.5 Å². The summed E-state index contributed by atoms with van der Waals surface area (Å²) in [6.45, 7) is 9.14. The average molecular weight is 403 g/mol. The summed E-state index contributed by atoms with van der Waals surface area (Å²) >= 11 is 0. The molecule has 30 heavy (non-hydrogen) atoms. The van der Waals surface area contributed by atoms with Gasteiger partial charge in [-0.15, -0.1) is 6.58 Å². The molecule has 156 valence electrons. The number of fused-ring (bicyclic) bond motifs is 1. The second kappa shape index (κ2) is 9.16. The molecule has 2 heterocycles. The predicted octanol–water partition coefficient (Wildman–Crippen LogP) is 4.36. The number of imidazole rings is 1. The molecule has 1 fully saturated rings. The Morgan fingerprint density at radius 1 is 1.17 bits per heavy atom. The Bertz CT molecular complexity index is 1000. The van der Waals surface area contributed by atoms with Gasteiger partial charge in [-0.2, -0.15) is 0 Å². The van der Waals surface area contributed by atoms with Gasteiger partial charge >= 0.3 is 0 Å². The van der Waals surface area contributed by atoms with Gasteiger partial charge in [0.25, 0.3) is 0 Å².